The highest BCUT2D eigenvalue weighted by molar-refractivity contribution is 6.03. The Bertz CT molecular complexity index is 792. The molecule has 0 spiro atoms. The molecule has 0 radical (unpaired) electrons. The molecule has 7 heteroatoms. The Morgan fingerprint density at radius 1 is 1.15 bits per heavy atom. The quantitative estimate of drug-likeness (QED) is 0.867. The van der Waals surface area contributed by atoms with Gasteiger partial charge in [-0.15, -0.1) is 0 Å². The molecule has 0 aliphatic heterocycles. The molecule has 1 amide bonds. The smallest absolute Gasteiger partial charge is 0.308 e. The van der Waals surface area contributed by atoms with Crippen molar-refractivity contribution in [2.45, 2.75) is 0 Å². The highest BCUT2D eigenvalue weighted by Gasteiger charge is 2.11. The largest absolute Gasteiger partial charge is 0.332 e. The third-order valence-electron chi connectivity index (χ3n) is 2.85. The number of hydrogen-bond donors (Lipinski definition) is 1. The van der Waals surface area contributed by atoms with Gasteiger partial charge in [0.1, 0.15) is 11.6 Å². The lowest BCUT2D eigenvalue weighted by Crippen LogP contribution is -2.38. The fraction of sp³-hybridized carbons (Fsp3) is 0.154. The van der Waals surface area contributed by atoms with Crippen molar-refractivity contribution in [3.8, 4) is 0 Å². The highest BCUT2D eigenvalue weighted by atomic mass is 19.1. The zero-order chi connectivity index (χ0) is 14.9. The third-order valence-corrected chi connectivity index (χ3v) is 2.85. The molecule has 2 rings (SSSR count). The van der Waals surface area contributed by atoms with E-state index < -0.39 is 23.0 Å². The second-order valence-electron chi connectivity index (χ2n) is 4.23. The Labute approximate surface area is 113 Å². The van der Waals surface area contributed by atoms with Crippen molar-refractivity contribution in [2.75, 3.05) is 5.32 Å². The summed E-state index contributed by atoms with van der Waals surface area (Å²) < 4.78 is 15.1. The van der Waals surface area contributed by atoms with E-state index in [0.717, 1.165) is 21.3 Å². The minimum atomic E-state index is -0.604. The molecule has 0 saturated carbocycles. The van der Waals surface area contributed by atoms with Crippen LogP contribution >= 0.6 is 0 Å². The normalized spacial score (nSPS) is 10.3. The van der Waals surface area contributed by atoms with Crippen LogP contribution < -0.4 is 16.6 Å². The number of nitrogens with zero attached hydrogens (tertiary/aromatic N) is 2. The van der Waals surface area contributed by atoms with E-state index in [2.05, 4.69) is 5.32 Å². The molecule has 0 saturated heterocycles. The van der Waals surface area contributed by atoms with E-state index in [-0.39, 0.29) is 11.4 Å². The maximum atomic E-state index is 13.0. The zero-order valence-electron chi connectivity index (χ0n) is 10.9. The molecule has 1 aromatic carbocycles. The van der Waals surface area contributed by atoms with Crippen LogP contribution in [-0.4, -0.2) is 15.0 Å². The molecule has 0 unspecified atom stereocenters. The Kier molecular flexibility index (Phi) is 3.51. The fourth-order valence-electron chi connectivity index (χ4n) is 1.67. The van der Waals surface area contributed by atoms with Crippen molar-refractivity contribution in [3.63, 3.8) is 0 Å². The van der Waals surface area contributed by atoms with Gasteiger partial charge in [-0.3, -0.25) is 18.7 Å². The summed E-state index contributed by atoms with van der Waals surface area (Å²) in [4.78, 5) is 35.1. The minimum absolute atomic E-state index is 0.0485. The zero-order valence-corrected chi connectivity index (χ0v) is 10.9. The van der Waals surface area contributed by atoms with Gasteiger partial charge in [-0.05, 0) is 18.2 Å². The molecule has 20 heavy (non-hydrogen) atoms. The van der Waals surface area contributed by atoms with E-state index in [0.29, 0.717) is 0 Å². The van der Waals surface area contributed by atoms with Crippen LogP contribution in [0.15, 0.2) is 39.9 Å². The number of halogens is 1. The Morgan fingerprint density at radius 3 is 2.50 bits per heavy atom. The number of rotatable bonds is 2. The number of amides is 1. The monoisotopic (exact) mass is 277 g/mol. The predicted molar refractivity (Wildman–Crippen MR) is 71.3 cm³/mol. The van der Waals surface area contributed by atoms with Crippen LogP contribution in [0, 0.1) is 5.82 Å². The van der Waals surface area contributed by atoms with Crippen molar-refractivity contribution in [1.29, 1.82) is 0 Å². The van der Waals surface area contributed by atoms with Crippen LogP contribution in [0.25, 0.3) is 0 Å². The Balaban J connectivity index is 2.38. The van der Waals surface area contributed by atoms with Crippen LogP contribution in [0.1, 0.15) is 10.4 Å². The van der Waals surface area contributed by atoms with Gasteiger partial charge in [0.15, 0.2) is 0 Å². The average molecular weight is 277 g/mol. The average Bonchev–Trinajstić information content (AvgIpc) is 2.42. The lowest BCUT2D eigenvalue weighted by Gasteiger charge is -2.10. The van der Waals surface area contributed by atoms with Crippen molar-refractivity contribution in [2.24, 2.45) is 14.1 Å². The number of carbonyl (C=O) groups excluding carboxylic acids is 1. The summed E-state index contributed by atoms with van der Waals surface area (Å²) >= 11 is 0. The van der Waals surface area contributed by atoms with Crippen molar-refractivity contribution >= 4 is 11.7 Å². The SMILES string of the molecule is Cn1c(NC(=O)c2cccc(F)c2)cc(=O)n(C)c1=O. The first kappa shape index (κ1) is 13.7. The first-order chi connectivity index (χ1) is 9.40. The molecule has 6 nitrogen and oxygen atoms in total. The summed E-state index contributed by atoms with van der Waals surface area (Å²) in [6, 6.07) is 6.22. The van der Waals surface area contributed by atoms with Crippen LogP contribution in [0.5, 0.6) is 0 Å². The summed E-state index contributed by atoms with van der Waals surface area (Å²) in [7, 11) is 2.76. The molecule has 104 valence electrons. The van der Waals surface area contributed by atoms with Crippen LogP contribution in [0.3, 0.4) is 0 Å². The predicted octanol–water partition coefficient (Wildman–Crippen LogP) is 0.475. The Hall–Kier alpha value is -2.70. The van der Waals surface area contributed by atoms with Gasteiger partial charge in [0.05, 0.1) is 0 Å². The second kappa shape index (κ2) is 5.12. The molecular formula is C13H12FN3O3. The number of nitrogens with one attached hydrogen (secondary N) is 1. The maximum absolute atomic E-state index is 13.0. The fourth-order valence-corrected chi connectivity index (χ4v) is 1.67. The van der Waals surface area contributed by atoms with Gasteiger partial charge in [0, 0.05) is 25.7 Å². The number of anilines is 1. The van der Waals surface area contributed by atoms with Crippen molar-refractivity contribution in [1.82, 2.24) is 9.13 Å². The van der Waals surface area contributed by atoms with Crippen LogP contribution in [0.4, 0.5) is 10.2 Å². The number of aromatic nitrogens is 2. The van der Waals surface area contributed by atoms with Gasteiger partial charge in [-0.2, -0.15) is 0 Å². The van der Waals surface area contributed by atoms with Gasteiger partial charge >= 0.3 is 5.69 Å². The molecule has 1 N–H and O–H groups in total. The topological polar surface area (TPSA) is 73.1 Å². The van der Waals surface area contributed by atoms with E-state index in [1.807, 2.05) is 0 Å². The summed E-state index contributed by atoms with van der Waals surface area (Å²) in [6.45, 7) is 0. The van der Waals surface area contributed by atoms with Gasteiger partial charge in [-0.25, -0.2) is 9.18 Å². The maximum Gasteiger partial charge on any atom is 0.332 e. The van der Waals surface area contributed by atoms with Gasteiger partial charge in [0.25, 0.3) is 11.5 Å². The van der Waals surface area contributed by atoms with Gasteiger partial charge in [0.2, 0.25) is 0 Å². The van der Waals surface area contributed by atoms with Gasteiger partial charge < -0.3 is 5.32 Å². The molecule has 0 atom stereocenters. The molecule has 0 fully saturated rings. The number of benzene rings is 1. The van der Waals surface area contributed by atoms with Gasteiger partial charge in [-0.1, -0.05) is 6.07 Å². The summed E-state index contributed by atoms with van der Waals surface area (Å²) in [5, 5.41) is 2.41. The van der Waals surface area contributed by atoms with E-state index in [1.54, 1.807) is 0 Å². The van der Waals surface area contributed by atoms with Crippen LogP contribution in [0.2, 0.25) is 0 Å². The van der Waals surface area contributed by atoms with E-state index in [4.69, 9.17) is 0 Å². The highest BCUT2D eigenvalue weighted by Crippen LogP contribution is 2.07. The number of hydrogen-bond acceptors (Lipinski definition) is 3. The first-order valence-corrected chi connectivity index (χ1v) is 5.74. The lowest BCUT2D eigenvalue weighted by molar-refractivity contribution is 0.102. The second-order valence-corrected chi connectivity index (χ2v) is 4.23. The van der Waals surface area contributed by atoms with Crippen molar-refractivity contribution < 1.29 is 9.18 Å². The Morgan fingerprint density at radius 2 is 1.85 bits per heavy atom. The lowest BCUT2D eigenvalue weighted by atomic mass is 10.2. The molecule has 1 heterocycles. The molecule has 0 bridgehead atoms. The third kappa shape index (κ3) is 2.51. The molecule has 0 aliphatic carbocycles. The molecule has 0 aliphatic rings. The molecule has 1 aromatic heterocycles. The summed E-state index contributed by atoms with van der Waals surface area (Å²) in [6.07, 6.45) is 0. The summed E-state index contributed by atoms with van der Waals surface area (Å²) in [5.74, 6) is -1.10. The van der Waals surface area contributed by atoms with E-state index >= 15 is 0 Å². The molecule has 2 aromatic rings. The van der Waals surface area contributed by atoms with Crippen molar-refractivity contribution in [3.05, 3.63) is 62.6 Å². The van der Waals surface area contributed by atoms with Crippen LogP contribution in [-0.2, 0) is 14.1 Å². The van der Waals surface area contributed by atoms with E-state index in [1.165, 1.54) is 32.3 Å². The standard InChI is InChI=1S/C13H12FN3O3/c1-16-10(7-11(18)17(2)13(16)20)15-12(19)8-4-3-5-9(14)6-8/h3-7H,1-2H3,(H,15,19). The first-order valence-electron chi connectivity index (χ1n) is 5.74. The number of carbonyl (C=O) groups is 1. The van der Waals surface area contributed by atoms with E-state index in [9.17, 15) is 18.8 Å². The summed E-state index contributed by atoms with van der Waals surface area (Å²) in [5.41, 5.74) is -1.01. The minimum Gasteiger partial charge on any atom is -0.308 e. The molecular weight excluding hydrogens is 265 g/mol.